The number of alkyl halides is 1. The van der Waals surface area contributed by atoms with Crippen LogP contribution in [0.5, 0.6) is 0 Å². The number of hydrogen-bond donors (Lipinski definition) is 0. The van der Waals surface area contributed by atoms with Crippen molar-refractivity contribution in [1.82, 2.24) is 9.80 Å². The van der Waals surface area contributed by atoms with Crippen LogP contribution in [0.4, 0.5) is 4.79 Å². The van der Waals surface area contributed by atoms with Gasteiger partial charge in [-0.05, 0) is 11.4 Å². The van der Waals surface area contributed by atoms with Gasteiger partial charge < -0.3 is 0 Å². The average molecular weight is 395 g/mol. The van der Waals surface area contributed by atoms with Gasteiger partial charge in [0.25, 0.3) is 17.8 Å². The number of hydrogen-bond acceptors (Lipinski definition) is 3. The zero-order valence-electron chi connectivity index (χ0n) is 10.9. The minimum Gasteiger partial charge on any atom is -0.269 e. The maximum atomic E-state index is 12.3. The summed E-state index contributed by atoms with van der Waals surface area (Å²) in [5.41, 5.74) is 0. The van der Waals surface area contributed by atoms with Crippen molar-refractivity contribution in [3.05, 3.63) is 0 Å². The first-order valence-electron chi connectivity index (χ1n) is 5.95. The van der Waals surface area contributed by atoms with E-state index < -0.39 is 6.04 Å². The van der Waals surface area contributed by atoms with E-state index in [1.54, 1.807) is 7.05 Å². The summed E-state index contributed by atoms with van der Waals surface area (Å²) < 4.78 is 2.47. The van der Waals surface area contributed by atoms with Gasteiger partial charge in [-0.1, -0.05) is 22.9 Å². The van der Waals surface area contributed by atoms with Gasteiger partial charge in [0.15, 0.2) is 0 Å². The number of amides is 3. The second kappa shape index (κ2) is 5.32. The SMILES string of the molecule is CCC(Br)C[N+]1=C(Br)N=C2C1C(=O)N(C)C(=O)N2C. The molecule has 2 aliphatic heterocycles. The summed E-state index contributed by atoms with van der Waals surface area (Å²) in [6.07, 6.45) is 0.942. The quantitative estimate of drug-likeness (QED) is 0.410. The molecule has 0 spiro atoms. The molecular weight excluding hydrogens is 380 g/mol. The molecule has 0 saturated carbocycles. The van der Waals surface area contributed by atoms with Crippen molar-refractivity contribution in [1.29, 1.82) is 0 Å². The largest absolute Gasteiger partial charge is 0.364 e. The van der Waals surface area contributed by atoms with E-state index in [4.69, 9.17) is 0 Å². The van der Waals surface area contributed by atoms with Crippen LogP contribution in [0.3, 0.4) is 0 Å². The van der Waals surface area contributed by atoms with Crippen LogP contribution in [-0.4, -0.2) is 68.4 Å². The molecule has 2 rings (SSSR count). The second-order valence-corrected chi connectivity index (χ2v) is 6.54. The predicted octanol–water partition coefficient (Wildman–Crippen LogP) is 1.23. The molecule has 2 atom stereocenters. The maximum absolute atomic E-state index is 12.3. The van der Waals surface area contributed by atoms with E-state index in [9.17, 15) is 9.59 Å². The normalized spacial score (nSPS) is 24.9. The van der Waals surface area contributed by atoms with Crippen molar-refractivity contribution in [3.63, 3.8) is 0 Å². The molecule has 1 fully saturated rings. The lowest BCUT2D eigenvalue weighted by atomic mass is 10.1. The molecule has 0 aromatic rings. The number of imide groups is 1. The smallest absolute Gasteiger partial charge is 0.269 e. The molecule has 0 bridgehead atoms. The Morgan fingerprint density at radius 3 is 2.58 bits per heavy atom. The van der Waals surface area contributed by atoms with Crippen LogP contribution in [-0.2, 0) is 4.79 Å². The van der Waals surface area contributed by atoms with E-state index in [2.05, 4.69) is 43.8 Å². The number of halogens is 2. The number of likely N-dealkylation sites (N-methyl/N-ethyl adjacent to an activating group) is 2. The van der Waals surface area contributed by atoms with Crippen LogP contribution in [0.2, 0.25) is 0 Å². The highest BCUT2D eigenvalue weighted by atomic mass is 79.9. The van der Waals surface area contributed by atoms with Crippen LogP contribution in [0.15, 0.2) is 4.99 Å². The molecular formula is C11H15Br2N4O2+. The Balaban J connectivity index is 2.34. The van der Waals surface area contributed by atoms with Crippen molar-refractivity contribution in [2.75, 3.05) is 20.6 Å². The minimum absolute atomic E-state index is 0.243. The highest BCUT2D eigenvalue weighted by Crippen LogP contribution is 2.21. The van der Waals surface area contributed by atoms with Crippen molar-refractivity contribution >= 4 is 54.4 Å². The molecule has 2 heterocycles. The number of rotatable bonds is 3. The summed E-state index contributed by atoms with van der Waals surface area (Å²) in [5.74, 6) is 0.239. The fourth-order valence-corrected chi connectivity index (χ4v) is 2.94. The Morgan fingerprint density at radius 1 is 1.37 bits per heavy atom. The number of carbonyl (C=O) groups is 2. The van der Waals surface area contributed by atoms with Crippen molar-refractivity contribution in [2.45, 2.75) is 24.2 Å². The Labute approximate surface area is 128 Å². The van der Waals surface area contributed by atoms with Gasteiger partial charge in [0, 0.05) is 14.1 Å². The first-order chi connectivity index (χ1) is 8.88. The highest BCUT2D eigenvalue weighted by molar-refractivity contribution is 9.18. The van der Waals surface area contributed by atoms with E-state index in [1.165, 1.54) is 11.9 Å². The van der Waals surface area contributed by atoms with E-state index in [-0.39, 0.29) is 16.8 Å². The third-order valence-corrected chi connectivity index (χ3v) is 4.89. The Bertz CT molecular complexity index is 503. The minimum atomic E-state index is -0.520. The molecule has 0 aliphatic carbocycles. The lowest BCUT2D eigenvalue weighted by molar-refractivity contribution is -0.531. The van der Waals surface area contributed by atoms with Crippen LogP contribution in [0, 0.1) is 0 Å². The Hall–Kier alpha value is -0.760. The summed E-state index contributed by atoms with van der Waals surface area (Å²) in [6.45, 7) is 2.71. The van der Waals surface area contributed by atoms with Gasteiger partial charge in [-0.3, -0.25) is 14.6 Å². The topological polar surface area (TPSA) is 56.0 Å². The van der Waals surface area contributed by atoms with E-state index in [0.717, 1.165) is 11.3 Å². The zero-order chi connectivity index (χ0) is 14.3. The predicted molar refractivity (Wildman–Crippen MR) is 79.2 cm³/mol. The van der Waals surface area contributed by atoms with Crippen LogP contribution in [0.1, 0.15) is 13.3 Å². The summed E-state index contributed by atoms with van der Waals surface area (Å²) in [7, 11) is 3.13. The van der Waals surface area contributed by atoms with Crippen molar-refractivity contribution < 1.29 is 14.2 Å². The Kier molecular flexibility index (Phi) is 4.10. The lowest BCUT2D eigenvalue weighted by Crippen LogP contribution is -2.61. The van der Waals surface area contributed by atoms with E-state index in [1.807, 2.05) is 4.58 Å². The van der Waals surface area contributed by atoms with Gasteiger partial charge in [0.2, 0.25) is 0 Å². The van der Waals surface area contributed by atoms with Crippen LogP contribution < -0.4 is 0 Å². The van der Waals surface area contributed by atoms with Gasteiger partial charge in [0.05, 0.1) is 20.8 Å². The number of aliphatic imine (C=N–C) groups is 1. The summed E-state index contributed by atoms with van der Waals surface area (Å²) in [6, 6.07) is -0.873. The monoisotopic (exact) mass is 393 g/mol. The van der Waals surface area contributed by atoms with Crippen LogP contribution >= 0.6 is 31.9 Å². The molecule has 0 radical (unpaired) electrons. The van der Waals surface area contributed by atoms with Crippen LogP contribution in [0.25, 0.3) is 0 Å². The van der Waals surface area contributed by atoms with E-state index >= 15 is 0 Å². The molecule has 104 valence electrons. The third-order valence-electron chi connectivity index (χ3n) is 3.32. The van der Waals surface area contributed by atoms with Gasteiger partial charge in [-0.25, -0.2) is 9.37 Å². The zero-order valence-corrected chi connectivity index (χ0v) is 14.1. The van der Waals surface area contributed by atoms with Gasteiger partial charge >= 0.3 is 10.8 Å². The molecule has 2 unspecified atom stereocenters. The highest BCUT2D eigenvalue weighted by Gasteiger charge is 2.52. The first kappa shape index (κ1) is 14.6. The fraction of sp³-hybridized carbons (Fsp3) is 0.636. The van der Waals surface area contributed by atoms with Gasteiger partial charge in [-0.2, -0.15) is 0 Å². The molecule has 0 aromatic carbocycles. The molecule has 8 heteroatoms. The van der Waals surface area contributed by atoms with Gasteiger partial charge in [0.1, 0.15) is 6.54 Å². The summed E-state index contributed by atoms with van der Waals surface area (Å²) in [5, 5.41) is 0. The molecule has 6 nitrogen and oxygen atoms in total. The molecule has 2 aliphatic rings. The Morgan fingerprint density at radius 2 is 2.00 bits per heavy atom. The molecule has 1 saturated heterocycles. The number of amidine groups is 2. The lowest BCUT2D eigenvalue weighted by Gasteiger charge is -2.30. The maximum Gasteiger partial charge on any atom is 0.364 e. The first-order valence-corrected chi connectivity index (χ1v) is 7.66. The van der Waals surface area contributed by atoms with Crippen molar-refractivity contribution in [2.24, 2.45) is 4.99 Å². The third kappa shape index (κ3) is 2.35. The van der Waals surface area contributed by atoms with E-state index in [0.29, 0.717) is 17.1 Å². The summed E-state index contributed by atoms with van der Waals surface area (Å²) in [4.78, 5) is 31.3. The average Bonchev–Trinajstić information content (AvgIpc) is 2.71. The second-order valence-electron chi connectivity index (χ2n) is 4.54. The molecule has 0 aromatic heterocycles. The van der Waals surface area contributed by atoms with Crippen molar-refractivity contribution in [3.8, 4) is 0 Å². The van der Waals surface area contributed by atoms with Gasteiger partial charge in [-0.15, -0.1) is 0 Å². The number of nitrogens with zero attached hydrogens (tertiary/aromatic N) is 4. The number of fused-ring (bicyclic) bond motifs is 1. The number of carbonyl (C=O) groups excluding carboxylic acids is 2. The number of urea groups is 1. The molecule has 3 amide bonds. The molecule has 19 heavy (non-hydrogen) atoms. The summed E-state index contributed by atoms with van der Waals surface area (Å²) >= 11 is 6.93. The fourth-order valence-electron chi connectivity index (χ4n) is 2.09. The standard InChI is InChI=1S/C11H15Br2N4O2/c1-4-6(12)5-17-7-8(14-10(17)13)15(2)11(19)16(3)9(7)18/h6-7H,4-5H2,1-3H3/q+1. The molecule has 0 N–H and O–H groups in total.